The third kappa shape index (κ3) is 5.44. The summed E-state index contributed by atoms with van der Waals surface area (Å²) in [6.45, 7) is 5.08. The van der Waals surface area contributed by atoms with E-state index in [0.717, 1.165) is 19.6 Å². The molecule has 28 heavy (non-hydrogen) atoms. The van der Waals surface area contributed by atoms with Crippen LogP contribution in [0.3, 0.4) is 0 Å². The number of nitrogens with zero attached hydrogens (tertiary/aromatic N) is 2. The quantitative estimate of drug-likeness (QED) is 0.788. The van der Waals surface area contributed by atoms with Crippen LogP contribution in [-0.2, 0) is 16.1 Å². The van der Waals surface area contributed by atoms with Crippen molar-refractivity contribution in [2.24, 2.45) is 0 Å². The van der Waals surface area contributed by atoms with E-state index in [0.29, 0.717) is 23.7 Å². The fraction of sp³-hybridized carbons (Fsp3) is 0.273. The highest BCUT2D eigenvalue weighted by molar-refractivity contribution is 6.32. The van der Waals surface area contributed by atoms with E-state index in [2.05, 4.69) is 22.3 Å². The van der Waals surface area contributed by atoms with Gasteiger partial charge in [0.2, 0.25) is 5.91 Å². The Morgan fingerprint density at radius 1 is 1.00 bits per heavy atom. The first-order valence-corrected chi connectivity index (χ1v) is 9.70. The maximum atomic E-state index is 13.0. The molecule has 1 N–H and O–H groups in total. The monoisotopic (exact) mass is 397 g/mol. The fourth-order valence-electron chi connectivity index (χ4n) is 3.21. The number of hydrogen-bond acceptors (Lipinski definition) is 3. The van der Waals surface area contributed by atoms with Crippen LogP contribution in [0.5, 0.6) is 0 Å². The molecule has 1 aliphatic rings. The molecule has 6 heteroatoms. The summed E-state index contributed by atoms with van der Waals surface area (Å²) in [6, 6.07) is 17.5. The highest BCUT2D eigenvalue weighted by Gasteiger charge is 2.24. The molecule has 0 unspecified atom stereocenters. The molecule has 0 bridgehead atoms. The van der Waals surface area contributed by atoms with Crippen LogP contribution < -0.4 is 5.32 Å². The van der Waals surface area contributed by atoms with Gasteiger partial charge in [-0.3, -0.25) is 14.5 Å². The van der Waals surface area contributed by atoms with Crippen molar-refractivity contribution in [2.45, 2.75) is 13.5 Å². The summed E-state index contributed by atoms with van der Waals surface area (Å²) in [7, 11) is 0. The van der Waals surface area contributed by atoms with Crippen LogP contribution >= 0.6 is 11.6 Å². The van der Waals surface area contributed by atoms with Gasteiger partial charge in [-0.15, -0.1) is 0 Å². The fourth-order valence-corrected chi connectivity index (χ4v) is 3.40. The van der Waals surface area contributed by atoms with E-state index in [1.807, 2.05) is 36.4 Å². The van der Waals surface area contributed by atoms with Crippen LogP contribution in [0.15, 0.2) is 60.3 Å². The van der Waals surface area contributed by atoms with Crippen LogP contribution in [0.25, 0.3) is 6.08 Å². The second-order valence-electron chi connectivity index (χ2n) is 6.81. The molecule has 0 radical (unpaired) electrons. The third-order valence-electron chi connectivity index (χ3n) is 4.65. The lowest BCUT2D eigenvalue weighted by Gasteiger charge is -2.35. The Balaban J connectivity index is 1.67. The zero-order valence-electron chi connectivity index (χ0n) is 15.9. The van der Waals surface area contributed by atoms with Gasteiger partial charge in [0.05, 0.1) is 0 Å². The average molecular weight is 398 g/mol. The highest BCUT2D eigenvalue weighted by Crippen LogP contribution is 2.19. The molecular formula is C22H24ClN3O2. The van der Waals surface area contributed by atoms with Crippen molar-refractivity contribution in [3.05, 3.63) is 76.4 Å². The van der Waals surface area contributed by atoms with Crippen molar-refractivity contribution in [1.82, 2.24) is 15.1 Å². The average Bonchev–Trinajstić information content (AvgIpc) is 2.70. The first-order chi connectivity index (χ1) is 13.5. The van der Waals surface area contributed by atoms with Crippen molar-refractivity contribution < 1.29 is 9.59 Å². The molecule has 2 amide bonds. The molecule has 0 aromatic heterocycles. The van der Waals surface area contributed by atoms with E-state index in [-0.39, 0.29) is 17.5 Å². The Hall–Kier alpha value is -2.63. The lowest BCUT2D eigenvalue weighted by Crippen LogP contribution is -2.50. The van der Waals surface area contributed by atoms with E-state index >= 15 is 0 Å². The van der Waals surface area contributed by atoms with Gasteiger partial charge in [0, 0.05) is 44.7 Å². The Labute approximate surface area is 170 Å². The molecule has 0 saturated carbocycles. The highest BCUT2D eigenvalue weighted by atomic mass is 35.5. The SMILES string of the molecule is CC(=O)N/C(=C/c1ccccc1Cl)C(=O)N1CCN(Cc2ccccc2)CC1. The van der Waals surface area contributed by atoms with Crippen LogP contribution in [0.2, 0.25) is 5.02 Å². The van der Waals surface area contributed by atoms with Gasteiger partial charge in [-0.05, 0) is 23.3 Å². The van der Waals surface area contributed by atoms with Crippen LogP contribution in [0.1, 0.15) is 18.1 Å². The summed E-state index contributed by atoms with van der Waals surface area (Å²) in [4.78, 5) is 28.7. The predicted octanol–water partition coefficient (Wildman–Crippen LogP) is 3.16. The standard InChI is InChI=1S/C22H24ClN3O2/c1-17(27)24-21(15-19-9-5-6-10-20(19)23)22(28)26-13-11-25(12-14-26)16-18-7-3-2-4-8-18/h2-10,15H,11-14,16H2,1H3,(H,24,27)/b21-15+. The molecule has 0 spiro atoms. The number of halogens is 1. The second kappa shape index (κ2) is 9.53. The zero-order chi connectivity index (χ0) is 19.9. The van der Waals surface area contributed by atoms with Gasteiger partial charge < -0.3 is 10.2 Å². The zero-order valence-corrected chi connectivity index (χ0v) is 16.7. The van der Waals surface area contributed by atoms with E-state index in [1.165, 1.54) is 12.5 Å². The lowest BCUT2D eigenvalue weighted by molar-refractivity contribution is -0.130. The molecule has 5 nitrogen and oxygen atoms in total. The van der Waals surface area contributed by atoms with Crippen molar-refractivity contribution in [1.29, 1.82) is 0 Å². The van der Waals surface area contributed by atoms with Crippen molar-refractivity contribution in [3.63, 3.8) is 0 Å². The van der Waals surface area contributed by atoms with Gasteiger partial charge in [0.25, 0.3) is 5.91 Å². The molecule has 1 fully saturated rings. The number of amides is 2. The summed E-state index contributed by atoms with van der Waals surface area (Å²) in [6.07, 6.45) is 1.64. The van der Waals surface area contributed by atoms with Gasteiger partial charge in [0.1, 0.15) is 5.70 Å². The van der Waals surface area contributed by atoms with Gasteiger partial charge in [0.15, 0.2) is 0 Å². The Morgan fingerprint density at radius 3 is 2.29 bits per heavy atom. The van der Waals surface area contributed by atoms with Gasteiger partial charge in [-0.2, -0.15) is 0 Å². The molecule has 3 rings (SSSR count). The van der Waals surface area contributed by atoms with Crippen LogP contribution in [0.4, 0.5) is 0 Å². The number of piperazine rings is 1. The molecular weight excluding hydrogens is 374 g/mol. The van der Waals surface area contributed by atoms with Crippen LogP contribution in [-0.4, -0.2) is 47.8 Å². The number of carbonyl (C=O) groups is 2. The Kier molecular flexibility index (Phi) is 6.85. The first kappa shape index (κ1) is 20.1. The summed E-state index contributed by atoms with van der Waals surface area (Å²) in [5, 5.41) is 3.20. The molecule has 2 aromatic rings. The van der Waals surface area contributed by atoms with Crippen LogP contribution in [0, 0.1) is 0 Å². The second-order valence-corrected chi connectivity index (χ2v) is 7.22. The molecule has 0 aliphatic carbocycles. The van der Waals surface area contributed by atoms with E-state index in [4.69, 9.17) is 11.6 Å². The first-order valence-electron chi connectivity index (χ1n) is 9.32. The van der Waals surface area contributed by atoms with Crippen molar-refractivity contribution in [2.75, 3.05) is 26.2 Å². The number of rotatable bonds is 5. The number of carbonyl (C=O) groups excluding carboxylic acids is 2. The van der Waals surface area contributed by atoms with Crippen molar-refractivity contribution in [3.8, 4) is 0 Å². The maximum Gasteiger partial charge on any atom is 0.270 e. The number of benzene rings is 2. The summed E-state index contributed by atoms with van der Waals surface area (Å²) < 4.78 is 0. The lowest BCUT2D eigenvalue weighted by atomic mass is 10.1. The summed E-state index contributed by atoms with van der Waals surface area (Å²) >= 11 is 6.20. The van der Waals surface area contributed by atoms with E-state index in [1.54, 1.807) is 17.0 Å². The summed E-state index contributed by atoms with van der Waals surface area (Å²) in [5.74, 6) is -0.469. The topological polar surface area (TPSA) is 52.7 Å². The number of nitrogens with one attached hydrogen (secondary N) is 1. The molecule has 2 aromatic carbocycles. The van der Waals surface area contributed by atoms with Crippen molar-refractivity contribution >= 4 is 29.5 Å². The van der Waals surface area contributed by atoms with E-state index < -0.39 is 0 Å². The smallest absolute Gasteiger partial charge is 0.270 e. The largest absolute Gasteiger partial charge is 0.335 e. The predicted molar refractivity (Wildman–Crippen MR) is 112 cm³/mol. The molecule has 1 saturated heterocycles. The minimum atomic E-state index is -0.283. The third-order valence-corrected chi connectivity index (χ3v) is 5.00. The van der Waals surface area contributed by atoms with Gasteiger partial charge in [-0.25, -0.2) is 0 Å². The maximum absolute atomic E-state index is 13.0. The van der Waals surface area contributed by atoms with Gasteiger partial charge >= 0.3 is 0 Å². The van der Waals surface area contributed by atoms with E-state index in [9.17, 15) is 9.59 Å². The normalized spacial score (nSPS) is 15.4. The molecule has 1 aliphatic heterocycles. The number of hydrogen-bond donors (Lipinski definition) is 1. The molecule has 1 heterocycles. The molecule has 0 atom stereocenters. The minimum Gasteiger partial charge on any atom is -0.335 e. The Bertz CT molecular complexity index is 859. The molecule has 146 valence electrons. The summed E-state index contributed by atoms with van der Waals surface area (Å²) in [5.41, 5.74) is 2.21. The minimum absolute atomic E-state index is 0.186. The Morgan fingerprint density at radius 2 is 1.64 bits per heavy atom. The van der Waals surface area contributed by atoms with Gasteiger partial charge in [-0.1, -0.05) is 60.1 Å².